The average molecular weight is 832 g/mol. The maximum absolute atomic E-state index is 11.8. The Hall–Kier alpha value is -5.74. The van der Waals surface area contributed by atoms with E-state index in [2.05, 4.69) is 0 Å². The molecule has 0 unspecified atom stereocenters. The third-order valence-electron chi connectivity index (χ3n) is 7.14. The molecular weight excluding hydrogens is 797 g/mol. The Morgan fingerprint density at radius 2 is 0.358 bits per heavy atom. The van der Waals surface area contributed by atoms with Gasteiger partial charge in [0.05, 0.1) is 0 Å². The van der Waals surface area contributed by atoms with E-state index in [1.807, 2.05) is 36.4 Å². The summed E-state index contributed by atoms with van der Waals surface area (Å²) in [5.41, 5.74) is 3.15. The Morgan fingerprint density at radius 1 is 0.245 bits per heavy atom. The van der Waals surface area contributed by atoms with Crippen LogP contribution < -0.4 is 0 Å². The van der Waals surface area contributed by atoms with Crippen LogP contribution in [0.4, 0.5) is 0 Å². The maximum atomic E-state index is 11.8. The quantitative estimate of drug-likeness (QED) is 0.0697. The summed E-state index contributed by atoms with van der Waals surface area (Å²) in [6.07, 6.45) is 3.39. The molecule has 0 saturated carbocycles. The van der Waals surface area contributed by atoms with Crippen LogP contribution in [-0.2, 0) is 0 Å². The van der Waals surface area contributed by atoms with Crippen molar-refractivity contribution in [2.75, 3.05) is 0 Å². The topological polar surface area (TPSA) is 134 Å². The van der Waals surface area contributed by atoms with E-state index in [1.54, 1.807) is 146 Å². The molecule has 0 amide bonds. The molecule has 0 spiro atoms. The first-order chi connectivity index (χ1) is 24.8. The van der Waals surface area contributed by atoms with Crippen molar-refractivity contribution in [2.45, 2.75) is 0 Å². The molecule has 7 nitrogen and oxygen atoms in total. The number of rotatable bonds is 12. The van der Waals surface area contributed by atoms with Gasteiger partial charge in [-0.3, -0.25) is 28.8 Å². The monoisotopic (exact) mass is 829 g/mol. The minimum atomic E-state index is -0.264. The zero-order valence-electron chi connectivity index (χ0n) is 28.5. The van der Waals surface area contributed by atoms with Gasteiger partial charge in [0.1, 0.15) is 52.6 Å². The van der Waals surface area contributed by atoms with E-state index < -0.39 is 0 Å². The zero-order valence-corrected chi connectivity index (χ0v) is 31.7. The van der Waals surface area contributed by atoms with Gasteiger partial charge in [0, 0.05) is 72.8 Å². The molecule has 6 aromatic carbocycles. The van der Waals surface area contributed by atoms with E-state index >= 15 is 0 Å². The van der Waals surface area contributed by atoms with Crippen molar-refractivity contribution in [1.82, 2.24) is 0 Å². The molecule has 0 heterocycles. The normalized spacial score (nSPS) is 9.28. The Labute approximate surface area is 341 Å². The first-order valence-electron chi connectivity index (χ1n) is 15.9. The smallest absolute Gasteiger partial charge is 0.412 e. The summed E-state index contributed by atoms with van der Waals surface area (Å²) < 4.78 is 0. The standard InChI is InChI=1S/3C15H11O2.Nd.H2O/c3*16-14(12-7-3-1-4-8-12)11-15(17)13-9-5-2-6-10-13;;/h3*1-11H;;1H2/q3*+1;+3;. The van der Waals surface area contributed by atoms with Gasteiger partial charge in [-0.2, -0.15) is 0 Å². The molecule has 8 heteroatoms. The van der Waals surface area contributed by atoms with Crippen molar-refractivity contribution >= 4 is 34.7 Å². The van der Waals surface area contributed by atoms with E-state index in [1.165, 1.54) is 0 Å². The molecule has 255 valence electrons. The molecule has 2 N–H and O–H groups in total. The van der Waals surface area contributed by atoms with E-state index in [0.717, 1.165) is 19.3 Å². The molecule has 0 aliphatic heterocycles. The van der Waals surface area contributed by atoms with Gasteiger partial charge in [-0.15, -0.1) is 0 Å². The van der Waals surface area contributed by atoms with Gasteiger partial charge in [0.25, 0.3) is 34.7 Å². The summed E-state index contributed by atoms with van der Waals surface area (Å²) >= 11 is 0. The first-order valence-corrected chi connectivity index (χ1v) is 15.9. The average Bonchev–Trinajstić information content (AvgIpc) is 3.20. The summed E-state index contributed by atoms with van der Waals surface area (Å²) in [4.78, 5) is 70.5. The minimum absolute atomic E-state index is 0. The Bertz CT molecular complexity index is 1650. The largest absolute Gasteiger partial charge is 3.00 e. The zero-order chi connectivity index (χ0) is 36.3. The van der Waals surface area contributed by atoms with Crippen molar-refractivity contribution in [3.05, 3.63) is 235 Å². The molecule has 0 aliphatic rings. The molecule has 6 rings (SSSR count). The molecule has 0 fully saturated rings. The Balaban J connectivity index is 0.000000270. The predicted molar refractivity (Wildman–Crippen MR) is 201 cm³/mol. The van der Waals surface area contributed by atoms with Crippen LogP contribution >= 0.6 is 0 Å². The van der Waals surface area contributed by atoms with Crippen molar-refractivity contribution < 1.29 is 75.1 Å². The van der Waals surface area contributed by atoms with Crippen LogP contribution in [-0.4, -0.2) is 40.2 Å². The van der Waals surface area contributed by atoms with Crippen LogP contribution in [0.15, 0.2) is 182 Å². The first kappa shape index (κ1) is 43.4. The van der Waals surface area contributed by atoms with Crippen LogP contribution in [0.1, 0.15) is 62.1 Å². The Kier molecular flexibility index (Phi) is 19.4. The van der Waals surface area contributed by atoms with Crippen LogP contribution in [0.25, 0.3) is 0 Å². The number of Topliss-reactive ketones (excluding diaryl/α,β-unsaturated/α-hetero) is 6. The van der Waals surface area contributed by atoms with E-state index in [9.17, 15) is 28.8 Å². The van der Waals surface area contributed by atoms with Crippen molar-refractivity contribution in [3.8, 4) is 0 Å². The number of hydrogen-bond acceptors (Lipinski definition) is 6. The SMILES string of the molecule is O.O=C([CH+]C(=O)c1ccccc1)c1ccccc1.O=C([CH+]C(=O)c1ccccc1)c1ccccc1.O=C([CH+]C(=O)c1ccccc1)c1ccccc1.[Nd+3]. The number of carbonyl (C=O) groups is 6. The van der Waals surface area contributed by atoms with Gasteiger partial charge in [-0.25, -0.2) is 0 Å². The summed E-state index contributed by atoms with van der Waals surface area (Å²) in [6, 6.07) is 52.5. The molecular formula is C45H35NdO7+6. The van der Waals surface area contributed by atoms with Gasteiger partial charge < -0.3 is 5.48 Å². The Morgan fingerprint density at radius 3 is 0.472 bits per heavy atom. The second-order valence-electron chi connectivity index (χ2n) is 10.8. The molecule has 53 heavy (non-hydrogen) atoms. The fourth-order valence-electron chi connectivity index (χ4n) is 4.47. The molecule has 0 bridgehead atoms. The number of benzene rings is 6. The number of carbonyl (C=O) groups excluding carboxylic acids is 6. The van der Waals surface area contributed by atoms with Crippen LogP contribution in [0, 0.1) is 60.1 Å². The van der Waals surface area contributed by atoms with E-state index in [4.69, 9.17) is 0 Å². The van der Waals surface area contributed by atoms with E-state index in [-0.39, 0.29) is 81.0 Å². The molecule has 6 aromatic rings. The fraction of sp³-hybridized carbons (Fsp3) is 0. The van der Waals surface area contributed by atoms with Gasteiger partial charge >= 0.3 is 40.8 Å². The fourth-order valence-corrected chi connectivity index (χ4v) is 4.47. The second-order valence-corrected chi connectivity index (χ2v) is 10.8. The van der Waals surface area contributed by atoms with Crippen LogP contribution in [0.2, 0.25) is 0 Å². The third-order valence-corrected chi connectivity index (χ3v) is 7.14. The predicted octanol–water partition coefficient (Wildman–Crippen LogP) is 8.04. The maximum Gasteiger partial charge on any atom is 3.00 e. The minimum Gasteiger partial charge on any atom is -0.412 e. The molecule has 0 saturated heterocycles. The number of ketones is 6. The van der Waals surface area contributed by atoms with Crippen molar-refractivity contribution in [2.24, 2.45) is 0 Å². The second kappa shape index (κ2) is 23.7. The van der Waals surface area contributed by atoms with Crippen molar-refractivity contribution in [3.63, 3.8) is 0 Å². The molecule has 0 aromatic heterocycles. The molecule has 1 radical (unpaired) electrons. The summed E-state index contributed by atoms with van der Waals surface area (Å²) in [6.45, 7) is 0. The van der Waals surface area contributed by atoms with Gasteiger partial charge in [0.2, 0.25) is 0 Å². The number of hydrogen-bond donors (Lipinski definition) is 0. The summed E-state index contributed by atoms with van der Waals surface area (Å²) in [5, 5.41) is 0. The summed E-state index contributed by atoms with van der Waals surface area (Å²) in [7, 11) is 0. The molecule has 0 aliphatic carbocycles. The van der Waals surface area contributed by atoms with Gasteiger partial charge in [-0.1, -0.05) is 36.4 Å². The van der Waals surface area contributed by atoms with E-state index in [0.29, 0.717) is 33.4 Å². The summed E-state index contributed by atoms with van der Waals surface area (Å²) in [5.74, 6) is -1.59. The van der Waals surface area contributed by atoms with Crippen molar-refractivity contribution in [1.29, 1.82) is 0 Å². The third kappa shape index (κ3) is 14.8. The molecule has 0 atom stereocenters. The van der Waals surface area contributed by atoms with Gasteiger partial charge in [-0.05, 0) is 72.8 Å². The van der Waals surface area contributed by atoms with Crippen LogP contribution in [0.3, 0.4) is 0 Å². The van der Waals surface area contributed by atoms with Crippen LogP contribution in [0.5, 0.6) is 0 Å². The van der Waals surface area contributed by atoms with Gasteiger partial charge in [0.15, 0.2) is 0 Å².